The van der Waals surface area contributed by atoms with Crippen molar-refractivity contribution < 1.29 is 9.53 Å². The Morgan fingerprint density at radius 2 is 2.12 bits per heavy atom. The lowest BCUT2D eigenvalue weighted by atomic mass is 10.1. The molecule has 1 heterocycles. The predicted octanol–water partition coefficient (Wildman–Crippen LogP) is 3.22. The Kier molecular flexibility index (Phi) is 3.40. The Morgan fingerprint density at radius 1 is 1.29 bits per heavy atom. The topological polar surface area (TPSA) is 39.2 Å². The summed E-state index contributed by atoms with van der Waals surface area (Å²) in [6, 6.07) is 8.80. The molecule has 3 nitrogen and oxygen atoms in total. The molecule has 0 spiro atoms. The molecule has 2 aromatic rings. The molecular formula is C13H10ClNO2. The van der Waals surface area contributed by atoms with Crippen LogP contribution in [-0.2, 0) is 0 Å². The molecular weight excluding hydrogens is 238 g/mol. The third-order valence-corrected chi connectivity index (χ3v) is 2.70. The molecule has 0 aliphatic carbocycles. The van der Waals surface area contributed by atoms with Gasteiger partial charge in [-0.3, -0.25) is 4.79 Å². The summed E-state index contributed by atoms with van der Waals surface area (Å²) in [5.41, 5.74) is 2.30. The van der Waals surface area contributed by atoms with Crippen molar-refractivity contribution in [3.05, 3.63) is 47.1 Å². The van der Waals surface area contributed by atoms with Gasteiger partial charge in [-0.15, -0.1) is 0 Å². The van der Waals surface area contributed by atoms with E-state index < -0.39 is 0 Å². The van der Waals surface area contributed by atoms with Crippen molar-refractivity contribution in [1.29, 1.82) is 0 Å². The van der Waals surface area contributed by atoms with E-state index in [-0.39, 0.29) is 0 Å². The lowest BCUT2D eigenvalue weighted by Crippen LogP contribution is -1.89. The first-order chi connectivity index (χ1) is 8.24. The molecule has 0 saturated carbocycles. The average molecular weight is 248 g/mol. The number of benzene rings is 1. The first kappa shape index (κ1) is 11.6. The number of halogens is 1. The molecule has 0 aliphatic heterocycles. The molecule has 0 atom stereocenters. The summed E-state index contributed by atoms with van der Waals surface area (Å²) >= 11 is 6.12. The zero-order chi connectivity index (χ0) is 12.3. The van der Waals surface area contributed by atoms with Gasteiger partial charge in [0.15, 0.2) is 0 Å². The Morgan fingerprint density at radius 3 is 2.76 bits per heavy atom. The highest BCUT2D eigenvalue weighted by molar-refractivity contribution is 6.33. The third-order valence-electron chi connectivity index (χ3n) is 2.38. The molecule has 0 amide bonds. The number of hydrogen-bond donors (Lipinski definition) is 0. The van der Waals surface area contributed by atoms with Crippen LogP contribution in [0.3, 0.4) is 0 Å². The van der Waals surface area contributed by atoms with Gasteiger partial charge in [0.05, 0.1) is 7.11 Å². The summed E-state index contributed by atoms with van der Waals surface area (Å²) in [4.78, 5) is 14.6. The van der Waals surface area contributed by atoms with Gasteiger partial charge in [0, 0.05) is 28.4 Å². The van der Waals surface area contributed by atoms with Crippen LogP contribution in [0.25, 0.3) is 11.1 Å². The van der Waals surface area contributed by atoms with Gasteiger partial charge in [0.2, 0.25) is 5.88 Å². The van der Waals surface area contributed by atoms with Crippen molar-refractivity contribution in [3.8, 4) is 17.0 Å². The highest BCUT2D eigenvalue weighted by Gasteiger charge is 2.06. The van der Waals surface area contributed by atoms with E-state index in [4.69, 9.17) is 16.3 Å². The minimum absolute atomic E-state index is 0.526. The van der Waals surface area contributed by atoms with Crippen molar-refractivity contribution in [2.45, 2.75) is 0 Å². The number of carbonyl (C=O) groups is 1. The largest absolute Gasteiger partial charge is 0.481 e. The third kappa shape index (κ3) is 2.45. The summed E-state index contributed by atoms with van der Waals surface area (Å²) < 4.78 is 5.05. The SMILES string of the molecule is COc1cc(-c2ccc(C=O)cc2Cl)ccn1. The summed E-state index contributed by atoms with van der Waals surface area (Å²) in [6.07, 6.45) is 2.42. The maximum atomic E-state index is 10.6. The fraction of sp³-hybridized carbons (Fsp3) is 0.0769. The standard InChI is InChI=1S/C13H10ClNO2/c1-17-13-7-10(4-5-15-13)11-3-2-9(8-16)6-12(11)14/h2-8H,1H3. The molecule has 0 radical (unpaired) electrons. The lowest BCUT2D eigenvalue weighted by molar-refractivity contribution is 0.112. The van der Waals surface area contributed by atoms with Crippen molar-refractivity contribution in [2.24, 2.45) is 0 Å². The molecule has 0 saturated heterocycles. The van der Waals surface area contributed by atoms with E-state index in [9.17, 15) is 4.79 Å². The summed E-state index contributed by atoms with van der Waals surface area (Å²) in [5, 5.41) is 0.530. The van der Waals surface area contributed by atoms with Crippen LogP contribution in [0.15, 0.2) is 36.5 Å². The number of rotatable bonds is 3. The van der Waals surface area contributed by atoms with Crippen LogP contribution in [0.2, 0.25) is 5.02 Å². The molecule has 1 aromatic heterocycles. The molecule has 4 heteroatoms. The smallest absolute Gasteiger partial charge is 0.213 e. The number of ether oxygens (including phenoxy) is 1. The first-order valence-electron chi connectivity index (χ1n) is 4.99. The van der Waals surface area contributed by atoms with Gasteiger partial charge >= 0.3 is 0 Å². The Balaban J connectivity index is 2.48. The Hall–Kier alpha value is -1.87. The summed E-state index contributed by atoms with van der Waals surface area (Å²) in [6.45, 7) is 0. The van der Waals surface area contributed by atoms with Crippen LogP contribution in [-0.4, -0.2) is 18.4 Å². The van der Waals surface area contributed by atoms with Gasteiger partial charge in [-0.2, -0.15) is 0 Å². The number of aromatic nitrogens is 1. The minimum Gasteiger partial charge on any atom is -0.481 e. The highest BCUT2D eigenvalue weighted by atomic mass is 35.5. The van der Waals surface area contributed by atoms with E-state index in [2.05, 4.69) is 4.98 Å². The summed E-state index contributed by atoms with van der Waals surface area (Å²) in [7, 11) is 1.56. The normalized spacial score (nSPS) is 10.0. The number of carbonyl (C=O) groups excluding carboxylic acids is 1. The highest BCUT2D eigenvalue weighted by Crippen LogP contribution is 2.29. The Bertz CT molecular complexity index is 555. The molecule has 17 heavy (non-hydrogen) atoms. The average Bonchev–Trinajstić information content (AvgIpc) is 2.38. The van der Waals surface area contributed by atoms with Crippen LogP contribution in [0.5, 0.6) is 5.88 Å². The van der Waals surface area contributed by atoms with Gasteiger partial charge in [-0.25, -0.2) is 4.98 Å². The van der Waals surface area contributed by atoms with Gasteiger partial charge in [0.1, 0.15) is 6.29 Å². The van der Waals surface area contributed by atoms with E-state index >= 15 is 0 Å². The van der Waals surface area contributed by atoms with Crippen molar-refractivity contribution in [1.82, 2.24) is 4.98 Å². The molecule has 0 unspecified atom stereocenters. The van der Waals surface area contributed by atoms with Crippen LogP contribution in [0.1, 0.15) is 10.4 Å². The second kappa shape index (κ2) is 4.97. The second-order valence-corrected chi connectivity index (χ2v) is 3.85. The monoisotopic (exact) mass is 247 g/mol. The van der Waals surface area contributed by atoms with Gasteiger partial charge in [0.25, 0.3) is 0 Å². The molecule has 2 rings (SSSR count). The van der Waals surface area contributed by atoms with Crippen molar-refractivity contribution in [2.75, 3.05) is 7.11 Å². The minimum atomic E-state index is 0.526. The zero-order valence-electron chi connectivity index (χ0n) is 9.18. The predicted molar refractivity (Wildman–Crippen MR) is 66.6 cm³/mol. The molecule has 0 bridgehead atoms. The van der Waals surface area contributed by atoms with E-state index in [1.54, 1.807) is 37.6 Å². The molecule has 0 fully saturated rings. The van der Waals surface area contributed by atoms with Crippen LogP contribution >= 0.6 is 11.6 Å². The number of hydrogen-bond acceptors (Lipinski definition) is 3. The van der Waals surface area contributed by atoms with Crippen LogP contribution in [0.4, 0.5) is 0 Å². The fourth-order valence-corrected chi connectivity index (χ4v) is 1.83. The van der Waals surface area contributed by atoms with Crippen molar-refractivity contribution in [3.63, 3.8) is 0 Å². The maximum Gasteiger partial charge on any atom is 0.213 e. The fourth-order valence-electron chi connectivity index (χ4n) is 1.53. The Labute approximate surface area is 104 Å². The molecule has 0 N–H and O–H groups in total. The number of aldehydes is 1. The maximum absolute atomic E-state index is 10.6. The van der Waals surface area contributed by atoms with Gasteiger partial charge in [-0.1, -0.05) is 23.7 Å². The number of nitrogens with zero attached hydrogens (tertiary/aromatic N) is 1. The molecule has 0 aliphatic rings. The van der Waals surface area contributed by atoms with Gasteiger partial charge in [-0.05, 0) is 17.7 Å². The second-order valence-electron chi connectivity index (χ2n) is 3.44. The van der Waals surface area contributed by atoms with Crippen LogP contribution in [0, 0.1) is 0 Å². The van der Waals surface area contributed by atoms with Crippen LogP contribution < -0.4 is 4.74 Å². The van der Waals surface area contributed by atoms with E-state index in [1.807, 2.05) is 6.07 Å². The summed E-state index contributed by atoms with van der Waals surface area (Å²) in [5.74, 6) is 0.526. The lowest BCUT2D eigenvalue weighted by Gasteiger charge is -2.06. The zero-order valence-corrected chi connectivity index (χ0v) is 9.94. The first-order valence-corrected chi connectivity index (χ1v) is 5.37. The molecule has 86 valence electrons. The molecule has 1 aromatic carbocycles. The quantitative estimate of drug-likeness (QED) is 0.782. The number of pyridine rings is 1. The van der Waals surface area contributed by atoms with Crippen molar-refractivity contribution >= 4 is 17.9 Å². The van der Waals surface area contributed by atoms with Gasteiger partial charge < -0.3 is 4.74 Å². The van der Waals surface area contributed by atoms with E-state index in [0.29, 0.717) is 16.5 Å². The number of methoxy groups -OCH3 is 1. The van der Waals surface area contributed by atoms with E-state index in [0.717, 1.165) is 17.4 Å². The van der Waals surface area contributed by atoms with E-state index in [1.165, 1.54) is 0 Å².